The van der Waals surface area contributed by atoms with Crippen molar-refractivity contribution in [1.29, 1.82) is 0 Å². The average Bonchev–Trinajstić information content (AvgIpc) is 2.36. The van der Waals surface area contributed by atoms with Crippen LogP contribution in [-0.2, 0) is 0 Å². The van der Waals surface area contributed by atoms with Crippen molar-refractivity contribution in [2.75, 3.05) is 0 Å². The summed E-state index contributed by atoms with van der Waals surface area (Å²) < 4.78 is 5.37. The van der Waals surface area contributed by atoms with Gasteiger partial charge in [-0.25, -0.2) is 0 Å². The molecule has 1 atom stereocenters. The highest BCUT2D eigenvalue weighted by Gasteiger charge is 2.07. The van der Waals surface area contributed by atoms with Gasteiger partial charge in [0.1, 0.15) is 11.5 Å². The van der Waals surface area contributed by atoms with Gasteiger partial charge < -0.3 is 10.2 Å². The fourth-order valence-electron chi connectivity index (χ4n) is 1.11. The fourth-order valence-corrected chi connectivity index (χ4v) is 1.11. The van der Waals surface area contributed by atoms with Crippen molar-refractivity contribution >= 4 is 0 Å². The van der Waals surface area contributed by atoms with Gasteiger partial charge in [0.25, 0.3) is 0 Å². The maximum Gasteiger partial charge on any atom is 0.120 e. The Bertz CT molecular complexity index is 217. The Balaban J connectivity index is 2.60. The highest BCUT2D eigenvalue weighted by Crippen LogP contribution is 2.17. The minimum absolute atomic E-state index is 0.0775. The second-order valence-electron chi connectivity index (χ2n) is 2.84. The van der Waals surface area contributed by atoms with Crippen LogP contribution >= 0.6 is 0 Å². The first kappa shape index (κ1) is 8.34. The monoisotopic (exact) mass is 153 g/mol. The summed E-state index contributed by atoms with van der Waals surface area (Å²) in [6, 6.07) is 3.98. The van der Waals surface area contributed by atoms with Crippen LogP contribution in [-0.4, -0.2) is 0 Å². The van der Waals surface area contributed by atoms with Gasteiger partial charge in [0.15, 0.2) is 0 Å². The van der Waals surface area contributed by atoms with Gasteiger partial charge in [0.2, 0.25) is 0 Å². The van der Waals surface area contributed by atoms with Crippen molar-refractivity contribution in [3.8, 4) is 0 Å². The molecule has 0 aliphatic carbocycles. The standard InChI is InChI=1S/C9H15NO/c1-3-4-8(10)9-6-5-7(2)11-9/h5-6,8H,3-4,10H2,1-2H3. The molecule has 62 valence electrons. The molecular formula is C9H15NO. The minimum Gasteiger partial charge on any atom is -0.465 e. The van der Waals surface area contributed by atoms with E-state index in [4.69, 9.17) is 10.2 Å². The highest BCUT2D eigenvalue weighted by molar-refractivity contribution is 5.08. The van der Waals surface area contributed by atoms with E-state index in [0.717, 1.165) is 24.4 Å². The van der Waals surface area contributed by atoms with Gasteiger partial charge >= 0.3 is 0 Å². The van der Waals surface area contributed by atoms with Gasteiger partial charge in [-0.15, -0.1) is 0 Å². The van der Waals surface area contributed by atoms with Gasteiger partial charge in [-0.05, 0) is 25.5 Å². The van der Waals surface area contributed by atoms with Crippen LogP contribution in [0.1, 0.15) is 37.3 Å². The molecule has 0 spiro atoms. The van der Waals surface area contributed by atoms with E-state index < -0.39 is 0 Å². The van der Waals surface area contributed by atoms with E-state index in [9.17, 15) is 0 Å². The van der Waals surface area contributed by atoms with Crippen LogP contribution < -0.4 is 5.73 Å². The van der Waals surface area contributed by atoms with E-state index in [0.29, 0.717) is 0 Å². The molecule has 0 fully saturated rings. The Morgan fingerprint density at radius 3 is 2.73 bits per heavy atom. The quantitative estimate of drug-likeness (QED) is 0.724. The molecule has 1 aromatic heterocycles. The van der Waals surface area contributed by atoms with E-state index in [1.54, 1.807) is 0 Å². The summed E-state index contributed by atoms with van der Waals surface area (Å²) in [6.07, 6.45) is 2.09. The predicted molar refractivity (Wildman–Crippen MR) is 45.3 cm³/mol. The van der Waals surface area contributed by atoms with Crippen LogP contribution in [0.2, 0.25) is 0 Å². The Labute approximate surface area is 67.4 Å². The lowest BCUT2D eigenvalue weighted by Crippen LogP contribution is -2.08. The average molecular weight is 153 g/mol. The second-order valence-corrected chi connectivity index (χ2v) is 2.84. The van der Waals surface area contributed by atoms with Gasteiger partial charge in [-0.3, -0.25) is 0 Å². The maximum atomic E-state index is 5.83. The lowest BCUT2D eigenvalue weighted by atomic mass is 10.1. The molecule has 1 unspecified atom stereocenters. The smallest absolute Gasteiger partial charge is 0.120 e. The third-order valence-electron chi connectivity index (χ3n) is 1.73. The normalized spacial score (nSPS) is 13.4. The summed E-state index contributed by atoms with van der Waals surface area (Å²) in [5.74, 6) is 1.84. The fraction of sp³-hybridized carbons (Fsp3) is 0.556. The minimum atomic E-state index is 0.0775. The van der Waals surface area contributed by atoms with Gasteiger partial charge in [-0.1, -0.05) is 13.3 Å². The summed E-state index contributed by atoms with van der Waals surface area (Å²) in [5.41, 5.74) is 5.83. The Morgan fingerprint density at radius 2 is 2.27 bits per heavy atom. The molecule has 2 N–H and O–H groups in total. The molecule has 0 saturated heterocycles. The molecule has 0 radical (unpaired) electrons. The number of nitrogens with two attached hydrogens (primary N) is 1. The number of rotatable bonds is 3. The first-order chi connectivity index (χ1) is 5.24. The van der Waals surface area contributed by atoms with E-state index in [2.05, 4.69) is 6.92 Å². The van der Waals surface area contributed by atoms with Crippen LogP contribution in [0, 0.1) is 6.92 Å². The lowest BCUT2D eigenvalue weighted by Gasteiger charge is -2.05. The SMILES string of the molecule is CCCC(N)c1ccc(C)o1. The van der Waals surface area contributed by atoms with Crippen molar-refractivity contribution < 1.29 is 4.42 Å². The van der Waals surface area contributed by atoms with Crippen molar-refractivity contribution in [2.24, 2.45) is 5.73 Å². The summed E-state index contributed by atoms with van der Waals surface area (Å²) >= 11 is 0. The largest absolute Gasteiger partial charge is 0.465 e. The molecule has 0 amide bonds. The molecule has 0 aromatic carbocycles. The zero-order valence-electron chi connectivity index (χ0n) is 7.13. The topological polar surface area (TPSA) is 39.2 Å². The Kier molecular flexibility index (Phi) is 2.71. The van der Waals surface area contributed by atoms with Crippen molar-refractivity contribution in [3.05, 3.63) is 23.7 Å². The van der Waals surface area contributed by atoms with Gasteiger partial charge in [-0.2, -0.15) is 0 Å². The molecule has 1 heterocycles. The molecule has 0 aliphatic rings. The first-order valence-corrected chi connectivity index (χ1v) is 4.06. The summed E-state index contributed by atoms with van der Waals surface area (Å²) in [6.45, 7) is 4.05. The van der Waals surface area contributed by atoms with E-state index in [-0.39, 0.29) is 6.04 Å². The zero-order chi connectivity index (χ0) is 8.27. The number of furan rings is 1. The van der Waals surface area contributed by atoms with E-state index in [1.165, 1.54) is 0 Å². The van der Waals surface area contributed by atoms with Gasteiger partial charge in [0.05, 0.1) is 6.04 Å². The molecule has 11 heavy (non-hydrogen) atoms. The Morgan fingerprint density at radius 1 is 1.55 bits per heavy atom. The second kappa shape index (κ2) is 3.58. The number of hydrogen-bond donors (Lipinski definition) is 1. The molecule has 2 heteroatoms. The van der Waals surface area contributed by atoms with E-state index in [1.807, 2.05) is 19.1 Å². The highest BCUT2D eigenvalue weighted by atomic mass is 16.3. The van der Waals surface area contributed by atoms with Crippen LogP contribution in [0.15, 0.2) is 16.5 Å². The number of hydrogen-bond acceptors (Lipinski definition) is 2. The van der Waals surface area contributed by atoms with Gasteiger partial charge in [0, 0.05) is 0 Å². The summed E-state index contributed by atoms with van der Waals surface area (Å²) in [4.78, 5) is 0. The first-order valence-electron chi connectivity index (χ1n) is 4.06. The van der Waals surface area contributed by atoms with Crippen molar-refractivity contribution in [2.45, 2.75) is 32.7 Å². The molecule has 1 aromatic rings. The Hall–Kier alpha value is -0.760. The van der Waals surface area contributed by atoms with Crippen molar-refractivity contribution in [1.82, 2.24) is 0 Å². The third kappa shape index (κ3) is 2.09. The molecule has 1 rings (SSSR count). The molecule has 0 saturated carbocycles. The van der Waals surface area contributed by atoms with Crippen LogP contribution in [0.3, 0.4) is 0 Å². The van der Waals surface area contributed by atoms with E-state index >= 15 is 0 Å². The van der Waals surface area contributed by atoms with Crippen molar-refractivity contribution in [3.63, 3.8) is 0 Å². The molecule has 0 aliphatic heterocycles. The summed E-state index contributed by atoms with van der Waals surface area (Å²) in [7, 11) is 0. The van der Waals surface area contributed by atoms with Crippen LogP contribution in [0.5, 0.6) is 0 Å². The number of aryl methyl sites for hydroxylation is 1. The van der Waals surface area contributed by atoms with Crippen LogP contribution in [0.4, 0.5) is 0 Å². The molecule has 2 nitrogen and oxygen atoms in total. The maximum absolute atomic E-state index is 5.83. The van der Waals surface area contributed by atoms with Crippen LogP contribution in [0.25, 0.3) is 0 Å². The lowest BCUT2D eigenvalue weighted by molar-refractivity contribution is 0.433. The predicted octanol–water partition coefficient (Wildman–Crippen LogP) is 2.39. The third-order valence-corrected chi connectivity index (χ3v) is 1.73. The molecule has 0 bridgehead atoms. The molecular weight excluding hydrogens is 138 g/mol. The zero-order valence-corrected chi connectivity index (χ0v) is 7.13. The summed E-state index contributed by atoms with van der Waals surface area (Å²) in [5, 5.41) is 0.